The fourth-order valence-electron chi connectivity index (χ4n) is 3.99. The first-order chi connectivity index (χ1) is 17.3. The maximum atomic E-state index is 13.6. The van der Waals surface area contributed by atoms with Gasteiger partial charge in [0.05, 0.1) is 0 Å². The highest BCUT2D eigenvalue weighted by atomic mass is 35.5. The topological polar surface area (TPSA) is 58.6 Å². The molecule has 0 bridgehead atoms. The molecule has 6 heteroatoms. The first-order valence-electron chi connectivity index (χ1n) is 12.4. The molecule has 0 aliphatic heterocycles. The lowest BCUT2D eigenvalue weighted by Gasteiger charge is -2.32. The average Bonchev–Trinajstić information content (AvgIpc) is 2.88. The number of aryl methyl sites for hydroxylation is 2. The molecule has 0 aliphatic carbocycles. The minimum atomic E-state index is -0.689. The normalized spacial score (nSPS) is 12.5. The van der Waals surface area contributed by atoms with Crippen molar-refractivity contribution in [1.82, 2.24) is 10.2 Å². The molecule has 2 atom stereocenters. The molecule has 0 radical (unpaired) electrons. The number of ether oxygens (including phenoxy) is 1. The largest absolute Gasteiger partial charge is 0.484 e. The van der Waals surface area contributed by atoms with Crippen molar-refractivity contribution in [3.63, 3.8) is 0 Å². The van der Waals surface area contributed by atoms with Crippen LogP contribution >= 0.6 is 11.6 Å². The van der Waals surface area contributed by atoms with Gasteiger partial charge in [0.2, 0.25) is 5.91 Å². The van der Waals surface area contributed by atoms with E-state index in [2.05, 4.69) is 5.32 Å². The van der Waals surface area contributed by atoms with E-state index in [4.69, 9.17) is 16.3 Å². The van der Waals surface area contributed by atoms with Gasteiger partial charge in [-0.1, -0.05) is 79.2 Å². The Kier molecular flexibility index (Phi) is 9.95. The summed E-state index contributed by atoms with van der Waals surface area (Å²) in [6, 6.07) is 22.4. The van der Waals surface area contributed by atoms with Crippen LogP contribution in [0.2, 0.25) is 5.02 Å². The second-order valence-electron chi connectivity index (χ2n) is 9.19. The van der Waals surface area contributed by atoms with Crippen LogP contribution in [0.15, 0.2) is 72.8 Å². The van der Waals surface area contributed by atoms with E-state index in [-0.39, 0.29) is 24.5 Å². The summed E-state index contributed by atoms with van der Waals surface area (Å²) in [6.45, 7) is 7.91. The number of carbonyl (C=O) groups is 2. The summed E-state index contributed by atoms with van der Waals surface area (Å²) in [5.41, 5.74) is 3.70. The number of carbonyl (C=O) groups excluding carboxylic acids is 2. The van der Waals surface area contributed by atoms with Crippen LogP contribution < -0.4 is 10.1 Å². The van der Waals surface area contributed by atoms with Crippen molar-refractivity contribution in [3.05, 3.63) is 100 Å². The number of halogens is 1. The maximum Gasteiger partial charge on any atom is 0.261 e. The van der Waals surface area contributed by atoms with E-state index in [0.717, 1.165) is 28.7 Å². The van der Waals surface area contributed by atoms with Gasteiger partial charge in [-0.25, -0.2) is 0 Å². The Balaban J connectivity index is 1.90. The number of rotatable bonds is 11. The number of hydrogen-bond acceptors (Lipinski definition) is 3. The van der Waals surface area contributed by atoms with Gasteiger partial charge in [0.15, 0.2) is 6.61 Å². The highest BCUT2D eigenvalue weighted by molar-refractivity contribution is 6.32. The van der Waals surface area contributed by atoms with Crippen molar-refractivity contribution in [2.24, 2.45) is 0 Å². The van der Waals surface area contributed by atoms with Gasteiger partial charge in [-0.2, -0.15) is 0 Å². The van der Waals surface area contributed by atoms with Crippen molar-refractivity contribution in [1.29, 1.82) is 0 Å². The number of benzene rings is 3. The minimum absolute atomic E-state index is 0.000665. The Morgan fingerprint density at radius 3 is 2.06 bits per heavy atom. The van der Waals surface area contributed by atoms with E-state index < -0.39 is 6.04 Å². The molecule has 3 aromatic rings. The van der Waals surface area contributed by atoms with Gasteiger partial charge in [0.1, 0.15) is 11.8 Å². The first kappa shape index (κ1) is 27.3. The lowest BCUT2D eigenvalue weighted by molar-refractivity contribution is -0.143. The molecule has 0 saturated heterocycles. The van der Waals surface area contributed by atoms with E-state index in [9.17, 15) is 9.59 Å². The number of nitrogens with zero attached hydrogens (tertiary/aromatic N) is 1. The van der Waals surface area contributed by atoms with Crippen molar-refractivity contribution < 1.29 is 14.3 Å². The highest BCUT2D eigenvalue weighted by Crippen LogP contribution is 2.26. The van der Waals surface area contributed by atoms with Crippen LogP contribution in [0.25, 0.3) is 0 Å². The molecule has 0 aliphatic rings. The molecule has 36 heavy (non-hydrogen) atoms. The molecule has 0 saturated carbocycles. The fraction of sp³-hybridized carbons (Fsp3) is 0.333. The second-order valence-corrected chi connectivity index (χ2v) is 9.57. The standard InChI is InChI=1S/C30H35ClN2O3/c1-5-23(4)32-30(35)27(18-24-12-8-6-9-13-24)33(19-25-14-10-7-11-15-25)28(34)20-36-26-16-21(2)29(31)22(3)17-26/h6-17,23,27H,5,18-20H2,1-4H3,(H,32,35). The minimum Gasteiger partial charge on any atom is -0.484 e. The molecular weight excluding hydrogens is 472 g/mol. The fourth-order valence-corrected chi connectivity index (χ4v) is 4.10. The Labute approximate surface area is 219 Å². The summed E-state index contributed by atoms with van der Waals surface area (Å²) in [5, 5.41) is 3.76. The van der Waals surface area contributed by atoms with Crippen molar-refractivity contribution >= 4 is 23.4 Å². The van der Waals surface area contributed by atoms with E-state index >= 15 is 0 Å². The summed E-state index contributed by atoms with van der Waals surface area (Å²) in [6.07, 6.45) is 1.20. The lowest BCUT2D eigenvalue weighted by atomic mass is 10.0. The molecule has 3 aromatic carbocycles. The third-order valence-electron chi connectivity index (χ3n) is 6.24. The first-order valence-corrected chi connectivity index (χ1v) is 12.7. The summed E-state index contributed by atoms with van der Waals surface area (Å²) in [7, 11) is 0. The molecule has 0 heterocycles. The van der Waals surface area contributed by atoms with Gasteiger partial charge in [-0.3, -0.25) is 9.59 Å². The molecule has 0 fully saturated rings. The van der Waals surface area contributed by atoms with Crippen molar-refractivity contribution in [2.45, 2.75) is 59.2 Å². The van der Waals surface area contributed by atoms with Gasteiger partial charge < -0.3 is 15.0 Å². The lowest BCUT2D eigenvalue weighted by Crippen LogP contribution is -2.53. The van der Waals surface area contributed by atoms with Crippen LogP contribution in [0.5, 0.6) is 5.75 Å². The van der Waals surface area contributed by atoms with Crippen LogP contribution in [0.4, 0.5) is 0 Å². The molecule has 0 spiro atoms. The predicted octanol–water partition coefficient (Wildman–Crippen LogP) is 5.89. The Morgan fingerprint density at radius 2 is 1.50 bits per heavy atom. The van der Waals surface area contributed by atoms with Gasteiger partial charge in [0, 0.05) is 24.0 Å². The summed E-state index contributed by atoms with van der Waals surface area (Å²) >= 11 is 6.28. The third kappa shape index (κ3) is 7.59. The maximum absolute atomic E-state index is 13.6. The molecule has 2 unspecified atom stereocenters. The summed E-state index contributed by atoms with van der Waals surface area (Å²) in [5.74, 6) is 0.145. The zero-order valence-electron chi connectivity index (χ0n) is 21.5. The van der Waals surface area contributed by atoms with Gasteiger partial charge in [0.25, 0.3) is 5.91 Å². The zero-order valence-corrected chi connectivity index (χ0v) is 22.2. The molecular formula is C30H35ClN2O3. The SMILES string of the molecule is CCC(C)NC(=O)C(Cc1ccccc1)N(Cc1ccccc1)C(=O)COc1cc(C)c(Cl)c(C)c1. The predicted molar refractivity (Wildman–Crippen MR) is 145 cm³/mol. The van der Waals surface area contributed by atoms with E-state index in [1.807, 2.05) is 100 Å². The Bertz CT molecular complexity index is 1130. The highest BCUT2D eigenvalue weighted by Gasteiger charge is 2.31. The second kappa shape index (κ2) is 13.1. The molecule has 5 nitrogen and oxygen atoms in total. The van der Waals surface area contributed by atoms with Gasteiger partial charge in [-0.05, 0) is 61.6 Å². The van der Waals surface area contributed by atoms with Crippen LogP contribution in [0, 0.1) is 13.8 Å². The molecule has 3 rings (SSSR count). The quantitative estimate of drug-likeness (QED) is 0.352. The monoisotopic (exact) mass is 506 g/mol. The summed E-state index contributed by atoms with van der Waals surface area (Å²) < 4.78 is 5.90. The van der Waals surface area contributed by atoms with E-state index in [0.29, 0.717) is 23.7 Å². The van der Waals surface area contributed by atoms with E-state index in [1.165, 1.54) is 0 Å². The zero-order chi connectivity index (χ0) is 26.1. The van der Waals surface area contributed by atoms with Crippen LogP contribution in [0.3, 0.4) is 0 Å². The van der Waals surface area contributed by atoms with Crippen molar-refractivity contribution in [3.8, 4) is 5.75 Å². The molecule has 2 amide bonds. The molecule has 190 valence electrons. The number of nitrogens with one attached hydrogen (secondary N) is 1. The van der Waals surface area contributed by atoms with Crippen LogP contribution in [-0.4, -0.2) is 35.4 Å². The molecule has 1 N–H and O–H groups in total. The smallest absolute Gasteiger partial charge is 0.261 e. The average molecular weight is 507 g/mol. The van der Waals surface area contributed by atoms with E-state index in [1.54, 1.807) is 4.90 Å². The Morgan fingerprint density at radius 1 is 0.944 bits per heavy atom. The number of hydrogen-bond donors (Lipinski definition) is 1. The Hall–Kier alpha value is -3.31. The summed E-state index contributed by atoms with van der Waals surface area (Å²) in [4.78, 5) is 28.8. The van der Waals surface area contributed by atoms with Gasteiger partial charge in [-0.15, -0.1) is 0 Å². The third-order valence-corrected chi connectivity index (χ3v) is 6.84. The number of amides is 2. The van der Waals surface area contributed by atoms with Gasteiger partial charge >= 0.3 is 0 Å². The van der Waals surface area contributed by atoms with Crippen LogP contribution in [0.1, 0.15) is 42.5 Å². The van der Waals surface area contributed by atoms with Crippen LogP contribution in [-0.2, 0) is 22.6 Å². The van der Waals surface area contributed by atoms with Crippen molar-refractivity contribution in [2.75, 3.05) is 6.61 Å². The molecule has 0 aromatic heterocycles.